The highest BCUT2D eigenvalue weighted by Crippen LogP contribution is 2.17. The number of rotatable bonds is 4. The predicted molar refractivity (Wildman–Crippen MR) is 90.9 cm³/mol. The summed E-state index contributed by atoms with van der Waals surface area (Å²) in [7, 11) is 0. The largest absolute Gasteiger partial charge is 0.473 e. The molecular weight excluding hydrogens is 304 g/mol. The topological polar surface area (TPSA) is 51.7 Å². The number of carbonyl (C=O) groups excluding carboxylic acids is 1. The van der Waals surface area contributed by atoms with Crippen LogP contribution in [-0.2, 0) is 11.3 Å². The summed E-state index contributed by atoms with van der Waals surface area (Å²) in [5.74, 6) is 0.499. The Hall–Kier alpha value is -2.40. The van der Waals surface area contributed by atoms with Crippen LogP contribution in [-0.4, -0.2) is 41.1 Å². The monoisotopic (exact) mass is 326 g/mol. The average molecular weight is 326 g/mol. The van der Waals surface area contributed by atoms with Crippen molar-refractivity contribution in [3.05, 3.63) is 59.8 Å². The van der Waals surface area contributed by atoms with Gasteiger partial charge in [0.1, 0.15) is 6.61 Å². The van der Waals surface area contributed by atoms with Crippen molar-refractivity contribution in [1.82, 2.24) is 9.88 Å². The van der Waals surface area contributed by atoms with Gasteiger partial charge in [-0.1, -0.05) is 30.3 Å². The summed E-state index contributed by atoms with van der Waals surface area (Å²) in [6.07, 6.45) is 1.64. The first-order valence-corrected chi connectivity index (χ1v) is 8.19. The summed E-state index contributed by atoms with van der Waals surface area (Å²) in [6.45, 7) is 5.60. The molecule has 1 aliphatic heterocycles. The van der Waals surface area contributed by atoms with Crippen LogP contribution < -0.4 is 4.74 Å². The number of carbonyl (C=O) groups is 1. The van der Waals surface area contributed by atoms with E-state index in [1.54, 1.807) is 18.3 Å². The summed E-state index contributed by atoms with van der Waals surface area (Å²) >= 11 is 0. The number of amides is 1. The van der Waals surface area contributed by atoms with Gasteiger partial charge in [0.15, 0.2) is 0 Å². The molecule has 2 atom stereocenters. The van der Waals surface area contributed by atoms with Gasteiger partial charge in [-0.3, -0.25) is 4.79 Å². The van der Waals surface area contributed by atoms with E-state index in [1.165, 1.54) is 0 Å². The zero-order valence-electron chi connectivity index (χ0n) is 14.0. The van der Waals surface area contributed by atoms with Crippen LogP contribution in [0, 0.1) is 0 Å². The van der Waals surface area contributed by atoms with Crippen molar-refractivity contribution in [3.63, 3.8) is 0 Å². The highest BCUT2D eigenvalue weighted by atomic mass is 16.5. The van der Waals surface area contributed by atoms with Crippen LogP contribution in [0.25, 0.3) is 0 Å². The molecule has 0 unspecified atom stereocenters. The molecule has 5 nitrogen and oxygen atoms in total. The zero-order valence-corrected chi connectivity index (χ0v) is 14.0. The lowest BCUT2D eigenvalue weighted by Gasteiger charge is -2.36. The van der Waals surface area contributed by atoms with E-state index in [0.717, 1.165) is 5.56 Å². The maximum Gasteiger partial charge on any atom is 0.255 e. The summed E-state index contributed by atoms with van der Waals surface area (Å²) < 4.78 is 11.2. The fourth-order valence-electron chi connectivity index (χ4n) is 2.68. The van der Waals surface area contributed by atoms with Gasteiger partial charge in [0.2, 0.25) is 5.88 Å². The van der Waals surface area contributed by atoms with Crippen molar-refractivity contribution in [2.45, 2.75) is 32.6 Å². The molecule has 1 fully saturated rings. The molecule has 5 heteroatoms. The van der Waals surface area contributed by atoms with E-state index in [2.05, 4.69) is 4.98 Å². The number of pyridine rings is 1. The van der Waals surface area contributed by atoms with Gasteiger partial charge >= 0.3 is 0 Å². The molecule has 1 aromatic heterocycles. The quantitative estimate of drug-likeness (QED) is 0.867. The minimum absolute atomic E-state index is 0.0141. The molecule has 0 spiro atoms. The van der Waals surface area contributed by atoms with E-state index < -0.39 is 0 Å². The van der Waals surface area contributed by atoms with Crippen LogP contribution in [0.1, 0.15) is 29.8 Å². The number of hydrogen-bond acceptors (Lipinski definition) is 4. The lowest BCUT2D eigenvalue weighted by molar-refractivity contribution is -0.0387. The summed E-state index contributed by atoms with van der Waals surface area (Å²) in [5, 5.41) is 0. The molecule has 24 heavy (non-hydrogen) atoms. The van der Waals surface area contributed by atoms with Crippen molar-refractivity contribution in [2.24, 2.45) is 0 Å². The van der Waals surface area contributed by atoms with Gasteiger partial charge in [-0.15, -0.1) is 0 Å². The standard InChI is InChI=1S/C19H22N2O3/c1-14-12-23-15(2)11-21(14)19(22)17-8-9-18(20-10-17)24-13-16-6-4-3-5-7-16/h3-10,14-15H,11-13H2,1-2H3/t14-,15-/m1/s1. The van der Waals surface area contributed by atoms with Crippen LogP contribution in [0.15, 0.2) is 48.7 Å². The Labute approximate surface area is 142 Å². The third kappa shape index (κ3) is 3.92. The number of morpholine rings is 1. The normalized spacial score (nSPS) is 20.7. The molecule has 1 amide bonds. The molecule has 1 saturated heterocycles. The second-order valence-electron chi connectivity index (χ2n) is 6.11. The molecule has 0 bridgehead atoms. The number of ether oxygens (including phenoxy) is 2. The molecule has 0 radical (unpaired) electrons. The first-order valence-electron chi connectivity index (χ1n) is 8.19. The van der Waals surface area contributed by atoms with Crippen LogP contribution in [0.4, 0.5) is 0 Å². The van der Waals surface area contributed by atoms with E-state index in [9.17, 15) is 4.79 Å². The van der Waals surface area contributed by atoms with Gasteiger partial charge in [0, 0.05) is 18.8 Å². The third-order valence-corrected chi connectivity index (χ3v) is 4.08. The molecule has 0 aliphatic carbocycles. The zero-order chi connectivity index (χ0) is 16.9. The maximum atomic E-state index is 12.6. The fraction of sp³-hybridized carbons (Fsp3) is 0.368. The Kier molecular flexibility index (Phi) is 5.11. The third-order valence-electron chi connectivity index (χ3n) is 4.08. The first-order chi connectivity index (χ1) is 11.6. The van der Waals surface area contributed by atoms with E-state index in [0.29, 0.717) is 31.2 Å². The minimum atomic E-state index is -0.0141. The maximum absolute atomic E-state index is 12.6. The first kappa shape index (κ1) is 16.5. The number of nitrogens with zero attached hydrogens (tertiary/aromatic N) is 2. The lowest BCUT2D eigenvalue weighted by Crippen LogP contribution is -2.50. The summed E-state index contributed by atoms with van der Waals surface area (Å²) in [4.78, 5) is 18.7. The van der Waals surface area contributed by atoms with Crippen LogP contribution in [0.2, 0.25) is 0 Å². The summed E-state index contributed by atoms with van der Waals surface area (Å²) in [5.41, 5.74) is 1.65. The van der Waals surface area contributed by atoms with Gasteiger partial charge < -0.3 is 14.4 Å². The molecule has 0 N–H and O–H groups in total. The van der Waals surface area contributed by atoms with Crippen LogP contribution in [0.5, 0.6) is 5.88 Å². The lowest BCUT2D eigenvalue weighted by atomic mass is 10.1. The van der Waals surface area contributed by atoms with Crippen molar-refractivity contribution < 1.29 is 14.3 Å². The van der Waals surface area contributed by atoms with E-state index in [1.807, 2.05) is 49.1 Å². The molecule has 0 saturated carbocycles. The molecule has 2 aromatic rings. The minimum Gasteiger partial charge on any atom is -0.473 e. The molecule has 1 aromatic carbocycles. The number of aromatic nitrogens is 1. The highest BCUT2D eigenvalue weighted by molar-refractivity contribution is 5.94. The summed E-state index contributed by atoms with van der Waals surface area (Å²) in [6, 6.07) is 13.5. The molecule has 126 valence electrons. The van der Waals surface area contributed by atoms with Gasteiger partial charge in [-0.2, -0.15) is 0 Å². The second kappa shape index (κ2) is 7.45. The number of benzene rings is 1. The Bertz CT molecular complexity index is 673. The Morgan fingerprint density at radius 2 is 2.04 bits per heavy atom. The Morgan fingerprint density at radius 3 is 2.75 bits per heavy atom. The smallest absolute Gasteiger partial charge is 0.255 e. The van der Waals surface area contributed by atoms with Crippen LogP contribution in [0.3, 0.4) is 0 Å². The molecule has 2 heterocycles. The highest BCUT2D eigenvalue weighted by Gasteiger charge is 2.28. The molecular formula is C19H22N2O3. The average Bonchev–Trinajstić information content (AvgIpc) is 2.63. The van der Waals surface area contributed by atoms with Crippen molar-refractivity contribution >= 4 is 5.91 Å². The van der Waals surface area contributed by atoms with E-state index >= 15 is 0 Å². The van der Waals surface area contributed by atoms with Crippen LogP contribution >= 0.6 is 0 Å². The van der Waals surface area contributed by atoms with Crippen molar-refractivity contribution in [3.8, 4) is 5.88 Å². The van der Waals surface area contributed by atoms with Gasteiger partial charge in [-0.05, 0) is 25.5 Å². The van der Waals surface area contributed by atoms with E-state index in [4.69, 9.17) is 9.47 Å². The van der Waals surface area contributed by atoms with E-state index in [-0.39, 0.29) is 18.1 Å². The SMILES string of the molecule is C[C@@H]1CN(C(=O)c2ccc(OCc3ccccc3)nc2)[C@H](C)CO1. The number of hydrogen-bond donors (Lipinski definition) is 0. The van der Waals surface area contributed by atoms with Gasteiger partial charge in [0.05, 0.1) is 24.3 Å². The fourth-order valence-corrected chi connectivity index (χ4v) is 2.68. The van der Waals surface area contributed by atoms with Gasteiger partial charge in [-0.25, -0.2) is 4.98 Å². The second-order valence-corrected chi connectivity index (χ2v) is 6.11. The molecule has 3 rings (SSSR count). The predicted octanol–water partition coefficient (Wildman–Crippen LogP) is 2.91. The van der Waals surface area contributed by atoms with Crippen molar-refractivity contribution in [2.75, 3.05) is 13.2 Å². The molecule has 1 aliphatic rings. The Balaban J connectivity index is 1.62. The Morgan fingerprint density at radius 1 is 1.25 bits per heavy atom. The van der Waals surface area contributed by atoms with Gasteiger partial charge in [0.25, 0.3) is 5.91 Å². The van der Waals surface area contributed by atoms with Crippen molar-refractivity contribution in [1.29, 1.82) is 0 Å².